The largest absolute Gasteiger partial charge is 0.487 e. The molecular formula is C21H30O3. The van der Waals surface area contributed by atoms with Gasteiger partial charge in [-0.3, -0.25) is 0 Å². The van der Waals surface area contributed by atoms with E-state index >= 15 is 0 Å². The number of hydrogen-bond acceptors (Lipinski definition) is 3. The fraction of sp³-hybridized carbons (Fsp3) is 0.571. The number of allylic oxidation sites excluding steroid dienone is 1. The summed E-state index contributed by atoms with van der Waals surface area (Å²) < 4.78 is 11.4. The van der Waals surface area contributed by atoms with E-state index in [0.717, 1.165) is 31.4 Å². The van der Waals surface area contributed by atoms with Gasteiger partial charge in [0.05, 0.1) is 6.61 Å². The lowest BCUT2D eigenvalue weighted by Crippen LogP contribution is -2.36. The van der Waals surface area contributed by atoms with E-state index in [1.807, 2.05) is 19.9 Å². The standard InChI is InChI=1S/C21H30O3/c1-7-23-20(22)14(2)9-8-11-21(6)12-10-18-13-15(3)16(4)17(5)19(18)24-21/h9,13H,7-8,10-12H2,1-6H3/b14-9+/t21-/m1/s1. The number of ether oxygens (including phenoxy) is 2. The number of benzene rings is 1. The minimum absolute atomic E-state index is 0.176. The van der Waals surface area contributed by atoms with Crippen LogP contribution >= 0.6 is 0 Å². The van der Waals surface area contributed by atoms with E-state index in [4.69, 9.17) is 9.47 Å². The second-order valence-electron chi connectivity index (χ2n) is 7.13. The highest BCUT2D eigenvalue weighted by molar-refractivity contribution is 5.87. The zero-order chi connectivity index (χ0) is 17.9. The Morgan fingerprint density at radius 3 is 2.71 bits per heavy atom. The highest BCUT2D eigenvalue weighted by Gasteiger charge is 2.32. The quantitative estimate of drug-likeness (QED) is 0.564. The molecule has 1 aliphatic heterocycles. The van der Waals surface area contributed by atoms with Crippen molar-refractivity contribution in [3.63, 3.8) is 0 Å². The molecule has 0 unspecified atom stereocenters. The first-order valence-corrected chi connectivity index (χ1v) is 8.90. The Labute approximate surface area is 146 Å². The van der Waals surface area contributed by atoms with E-state index in [2.05, 4.69) is 33.8 Å². The lowest BCUT2D eigenvalue weighted by Gasteiger charge is -2.37. The maximum atomic E-state index is 11.7. The first-order chi connectivity index (χ1) is 11.3. The van der Waals surface area contributed by atoms with Gasteiger partial charge in [-0.2, -0.15) is 0 Å². The molecule has 3 heteroatoms. The summed E-state index contributed by atoms with van der Waals surface area (Å²) in [7, 11) is 0. The lowest BCUT2D eigenvalue weighted by atomic mass is 9.86. The van der Waals surface area contributed by atoms with Gasteiger partial charge >= 0.3 is 5.97 Å². The van der Waals surface area contributed by atoms with Gasteiger partial charge in [0.25, 0.3) is 0 Å². The average molecular weight is 330 g/mol. The Bertz CT molecular complexity index is 658. The first kappa shape index (κ1) is 18.6. The summed E-state index contributed by atoms with van der Waals surface area (Å²) in [6.07, 6.45) is 5.74. The molecule has 0 spiro atoms. The molecule has 3 nitrogen and oxygen atoms in total. The van der Waals surface area contributed by atoms with E-state index < -0.39 is 0 Å². The van der Waals surface area contributed by atoms with E-state index in [-0.39, 0.29) is 11.6 Å². The summed E-state index contributed by atoms with van der Waals surface area (Å²) in [6, 6.07) is 2.27. The third kappa shape index (κ3) is 4.00. The Balaban J connectivity index is 2.07. The molecule has 1 aliphatic rings. The first-order valence-electron chi connectivity index (χ1n) is 8.90. The zero-order valence-corrected chi connectivity index (χ0v) is 15.9. The van der Waals surface area contributed by atoms with Crippen molar-refractivity contribution in [1.29, 1.82) is 0 Å². The molecule has 0 N–H and O–H groups in total. The van der Waals surface area contributed by atoms with Crippen LogP contribution in [-0.4, -0.2) is 18.2 Å². The van der Waals surface area contributed by atoms with E-state index in [0.29, 0.717) is 12.2 Å². The van der Waals surface area contributed by atoms with Gasteiger partial charge in [-0.1, -0.05) is 12.1 Å². The van der Waals surface area contributed by atoms with Gasteiger partial charge in [0.15, 0.2) is 0 Å². The molecule has 0 saturated carbocycles. The Morgan fingerprint density at radius 2 is 2.04 bits per heavy atom. The van der Waals surface area contributed by atoms with Gasteiger partial charge in [-0.25, -0.2) is 4.79 Å². The van der Waals surface area contributed by atoms with Crippen LogP contribution in [0.1, 0.15) is 62.3 Å². The van der Waals surface area contributed by atoms with Gasteiger partial charge in [0.2, 0.25) is 0 Å². The van der Waals surface area contributed by atoms with Crippen molar-refractivity contribution in [3.8, 4) is 5.75 Å². The SMILES string of the molecule is CCOC(=O)/C(C)=C/CC[C@]1(C)CCc2cc(C)c(C)c(C)c2O1. The Kier molecular flexibility index (Phi) is 5.74. The van der Waals surface area contributed by atoms with Crippen molar-refractivity contribution in [2.75, 3.05) is 6.61 Å². The van der Waals surface area contributed by atoms with Crippen molar-refractivity contribution in [2.45, 2.75) is 72.8 Å². The lowest BCUT2D eigenvalue weighted by molar-refractivity contribution is -0.138. The fourth-order valence-electron chi connectivity index (χ4n) is 3.26. The van der Waals surface area contributed by atoms with Gasteiger partial charge in [-0.15, -0.1) is 0 Å². The third-order valence-corrected chi connectivity index (χ3v) is 5.17. The number of rotatable bonds is 5. The molecule has 0 bridgehead atoms. The van der Waals surface area contributed by atoms with Crippen LogP contribution in [0.25, 0.3) is 0 Å². The van der Waals surface area contributed by atoms with Crippen LogP contribution in [0.2, 0.25) is 0 Å². The Morgan fingerprint density at radius 1 is 1.33 bits per heavy atom. The van der Waals surface area contributed by atoms with Gasteiger partial charge < -0.3 is 9.47 Å². The minimum Gasteiger partial charge on any atom is -0.487 e. The monoisotopic (exact) mass is 330 g/mol. The summed E-state index contributed by atoms with van der Waals surface area (Å²) in [5.41, 5.74) is 5.74. The predicted molar refractivity (Wildman–Crippen MR) is 97.6 cm³/mol. The molecule has 2 rings (SSSR count). The van der Waals surface area contributed by atoms with E-state index in [9.17, 15) is 4.79 Å². The maximum Gasteiger partial charge on any atom is 0.333 e. The van der Waals surface area contributed by atoms with Crippen molar-refractivity contribution < 1.29 is 14.3 Å². The summed E-state index contributed by atoms with van der Waals surface area (Å²) >= 11 is 0. The van der Waals surface area contributed by atoms with Gasteiger partial charge in [0, 0.05) is 5.57 Å². The second-order valence-corrected chi connectivity index (χ2v) is 7.13. The topological polar surface area (TPSA) is 35.5 Å². The summed E-state index contributed by atoms with van der Waals surface area (Å²) in [6.45, 7) is 12.7. The molecule has 0 aromatic heterocycles. The van der Waals surface area contributed by atoms with Crippen LogP contribution in [0.5, 0.6) is 5.75 Å². The van der Waals surface area contributed by atoms with Gasteiger partial charge in [-0.05, 0) is 89.5 Å². The van der Waals surface area contributed by atoms with Crippen molar-refractivity contribution in [3.05, 3.63) is 40.0 Å². The molecule has 1 atom stereocenters. The molecule has 0 radical (unpaired) electrons. The van der Waals surface area contributed by atoms with E-state index in [1.54, 1.807) is 0 Å². The average Bonchev–Trinajstić information content (AvgIpc) is 2.54. The van der Waals surface area contributed by atoms with Crippen LogP contribution in [0.15, 0.2) is 17.7 Å². The highest BCUT2D eigenvalue weighted by atomic mass is 16.5. The third-order valence-electron chi connectivity index (χ3n) is 5.17. The number of fused-ring (bicyclic) bond motifs is 1. The zero-order valence-electron chi connectivity index (χ0n) is 15.9. The number of esters is 1. The molecular weight excluding hydrogens is 300 g/mol. The molecule has 1 aromatic rings. The van der Waals surface area contributed by atoms with Crippen LogP contribution in [-0.2, 0) is 16.0 Å². The summed E-state index contributed by atoms with van der Waals surface area (Å²) in [4.78, 5) is 11.7. The molecule has 1 heterocycles. The van der Waals surface area contributed by atoms with Crippen LogP contribution in [0, 0.1) is 20.8 Å². The molecule has 0 fully saturated rings. The van der Waals surface area contributed by atoms with Crippen molar-refractivity contribution in [1.82, 2.24) is 0 Å². The molecule has 24 heavy (non-hydrogen) atoms. The normalized spacial score (nSPS) is 20.3. The van der Waals surface area contributed by atoms with Crippen molar-refractivity contribution >= 4 is 5.97 Å². The molecule has 132 valence electrons. The van der Waals surface area contributed by atoms with Crippen molar-refractivity contribution in [2.24, 2.45) is 0 Å². The molecule has 0 saturated heterocycles. The Hall–Kier alpha value is -1.77. The fourth-order valence-corrected chi connectivity index (χ4v) is 3.26. The van der Waals surface area contributed by atoms with Crippen LogP contribution in [0.3, 0.4) is 0 Å². The molecule has 0 aliphatic carbocycles. The second kappa shape index (κ2) is 7.42. The molecule has 0 amide bonds. The smallest absolute Gasteiger partial charge is 0.333 e. The number of hydrogen-bond donors (Lipinski definition) is 0. The van der Waals surface area contributed by atoms with Crippen LogP contribution in [0.4, 0.5) is 0 Å². The van der Waals surface area contributed by atoms with Gasteiger partial charge in [0.1, 0.15) is 11.4 Å². The summed E-state index contributed by atoms with van der Waals surface area (Å²) in [5.74, 6) is 0.845. The predicted octanol–water partition coefficient (Wildman–Crippen LogP) is 4.99. The molecule has 1 aromatic carbocycles. The highest BCUT2D eigenvalue weighted by Crippen LogP contribution is 2.40. The van der Waals surface area contributed by atoms with Crippen LogP contribution < -0.4 is 4.74 Å². The number of carbonyl (C=O) groups is 1. The summed E-state index contributed by atoms with van der Waals surface area (Å²) in [5, 5.41) is 0. The van der Waals surface area contributed by atoms with E-state index in [1.165, 1.54) is 22.3 Å². The maximum absolute atomic E-state index is 11.7. The number of aryl methyl sites for hydroxylation is 2. The minimum atomic E-state index is -0.223. The number of carbonyl (C=O) groups excluding carboxylic acids is 1.